The third-order valence-corrected chi connectivity index (χ3v) is 5.35. The van der Waals surface area contributed by atoms with Crippen LogP contribution in [0.5, 0.6) is 11.5 Å². The first-order valence-corrected chi connectivity index (χ1v) is 9.20. The van der Waals surface area contributed by atoms with Crippen molar-refractivity contribution in [2.75, 3.05) is 30.4 Å². The molecular formula is C19H19NO3S. The van der Waals surface area contributed by atoms with Crippen molar-refractivity contribution in [3.63, 3.8) is 0 Å². The van der Waals surface area contributed by atoms with Gasteiger partial charge in [0.2, 0.25) is 5.91 Å². The molecule has 0 spiro atoms. The average Bonchev–Trinajstić information content (AvgIpc) is 2.84. The zero-order chi connectivity index (χ0) is 16.4. The standard InChI is InChI=1S/C19H19NO3S/c21-19(13-14-6-7-16-17(12-14)23-10-9-22-16)20-8-3-11-24-18-5-2-1-4-15(18)20/h1-2,4-7,12H,3,8-11,13H2. The molecule has 0 N–H and O–H groups in total. The van der Waals surface area contributed by atoms with Gasteiger partial charge in [-0.2, -0.15) is 0 Å². The number of carbonyl (C=O) groups excluding carboxylic acids is 1. The highest BCUT2D eigenvalue weighted by Crippen LogP contribution is 2.34. The summed E-state index contributed by atoms with van der Waals surface area (Å²) in [7, 11) is 0. The van der Waals surface area contributed by atoms with Gasteiger partial charge in [-0.05, 0) is 42.0 Å². The number of fused-ring (bicyclic) bond motifs is 2. The van der Waals surface area contributed by atoms with E-state index in [1.807, 2.05) is 53.1 Å². The molecule has 0 radical (unpaired) electrons. The summed E-state index contributed by atoms with van der Waals surface area (Å²) < 4.78 is 11.2. The zero-order valence-corrected chi connectivity index (χ0v) is 14.2. The minimum absolute atomic E-state index is 0.127. The van der Waals surface area contributed by atoms with Gasteiger partial charge < -0.3 is 14.4 Å². The number of para-hydroxylation sites is 1. The zero-order valence-electron chi connectivity index (χ0n) is 13.4. The average molecular weight is 341 g/mol. The first-order chi connectivity index (χ1) is 11.8. The Morgan fingerprint density at radius 2 is 1.92 bits per heavy atom. The molecule has 2 aromatic carbocycles. The smallest absolute Gasteiger partial charge is 0.231 e. The molecule has 0 aromatic heterocycles. The number of ether oxygens (including phenoxy) is 2. The molecule has 5 heteroatoms. The Bertz CT molecular complexity index is 762. The lowest BCUT2D eigenvalue weighted by atomic mass is 10.1. The van der Waals surface area contributed by atoms with E-state index in [2.05, 4.69) is 6.07 Å². The van der Waals surface area contributed by atoms with Crippen LogP contribution in [0, 0.1) is 0 Å². The topological polar surface area (TPSA) is 38.8 Å². The lowest BCUT2D eigenvalue weighted by molar-refractivity contribution is -0.118. The fourth-order valence-corrected chi connectivity index (χ4v) is 4.05. The second-order valence-corrected chi connectivity index (χ2v) is 7.01. The molecule has 2 heterocycles. The Morgan fingerprint density at radius 3 is 2.83 bits per heavy atom. The number of nitrogens with zero attached hydrogens (tertiary/aromatic N) is 1. The van der Waals surface area contributed by atoms with Crippen LogP contribution in [0.15, 0.2) is 47.4 Å². The third-order valence-electron chi connectivity index (χ3n) is 4.20. The predicted molar refractivity (Wildman–Crippen MR) is 95.3 cm³/mol. The molecule has 1 amide bonds. The molecule has 2 aliphatic heterocycles. The van der Waals surface area contributed by atoms with Crippen molar-refractivity contribution in [3.8, 4) is 11.5 Å². The first-order valence-electron chi connectivity index (χ1n) is 8.22. The van der Waals surface area contributed by atoms with Gasteiger partial charge in [-0.3, -0.25) is 4.79 Å². The van der Waals surface area contributed by atoms with Crippen LogP contribution in [0.25, 0.3) is 0 Å². The number of thioether (sulfide) groups is 1. The van der Waals surface area contributed by atoms with E-state index < -0.39 is 0 Å². The molecule has 0 saturated heterocycles. The van der Waals surface area contributed by atoms with E-state index in [1.54, 1.807) is 0 Å². The van der Waals surface area contributed by atoms with E-state index in [4.69, 9.17) is 9.47 Å². The summed E-state index contributed by atoms with van der Waals surface area (Å²) in [4.78, 5) is 16.0. The Balaban J connectivity index is 1.56. The highest BCUT2D eigenvalue weighted by molar-refractivity contribution is 7.99. The molecular weight excluding hydrogens is 322 g/mol. The number of benzene rings is 2. The summed E-state index contributed by atoms with van der Waals surface area (Å²) in [5, 5.41) is 0. The number of amides is 1. The van der Waals surface area contributed by atoms with E-state index in [-0.39, 0.29) is 5.91 Å². The number of rotatable bonds is 2. The van der Waals surface area contributed by atoms with E-state index in [0.717, 1.165) is 41.5 Å². The van der Waals surface area contributed by atoms with Crippen molar-refractivity contribution in [2.24, 2.45) is 0 Å². The molecule has 0 bridgehead atoms. The summed E-state index contributed by atoms with van der Waals surface area (Å²) >= 11 is 1.83. The van der Waals surface area contributed by atoms with Crippen LogP contribution in [0.3, 0.4) is 0 Å². The lowest BCUT2D eigenvalue weighted by Crippen LogP contribution is -2.33. The Labute approximate surface area is 145 Å². The third kappa shape index (κ3) is 3.08. The quantitative estimate of drug-likeness (QED) is 0.838. The summed E-state index contributed by atoms with van der Waals surface area (Å²) in [5.41, 5.74) is 1.99. The van der Waals surface area contributed by atoms with Crippen LogP contribution in [0.1, 0.15) is 12.0 Å². The molecule has 0 saturated carbocycles. The van der Waals surface area contributed by atoms with Gasteiger partial charge in [0.15, 0.2) is 11.5 Å². The van der Waals surface area contributed by atoms with Crippen LogP contribution in [0.2, 0.25) is 0 Å². The van der Waals surface area contributed by atoms with Gasteiger partial charge in [0.05, 0.1) is 12.1 Å². The van der Waals surface area contributed by atoms with Gasteiger partial charge in [-0.1, -0.05) is 18.2 Å². The van der Waals surface area contributed by atoms with E-state index in [1.165, 1.54) is 4.90 Å². The van der Waals surface area contributed by atoms with Crippen molar-refractivity contribution >= 4 is 23.4 Å². The molecule has 4 nitrogen and oxygen atoms in total. The van der Waals surface area contributed by atoms with Crippen molar-refractivity contribution in [3.05, 3.63) is 48.0 Å². The number of hydrogen-bond acceptors (Lipinski definition) is 4. The van der Waals surface area contributed by atoms with Crippen LogP contribution in [0.4, 0.5) is 5.69 Å². The molecule has 24 heavy (non-hydrogen) atoms. The number of hydrogen-bond donors (Lipinski definition) is 0. The highest BCUT2D eigenvalue weighted by Gasteiger charge is 2.22. The van der Waals surface area contributed by atoms with Gasteiger partial charge in [0.1, 0.15) is 13.2 Å². The fraction of sp³-hybridized carbons (Fsp3) is 0.316. The van der Waals surface area contributed by atoms with Gasteiger partial charge in [-0.25, -0.2) is 0 Å². The van der Waals surface area contributed by atoms with Crippen molar-refractivity contribution in [2.45, 2.75) is 17.7 Å². The fourth-order valence-electron chi connectivity index (χ4n) is 3.05. The van der Waals surface area contributed by atoms with Crippen molar-refractivity contribution in [1.82, 2.24) is 0 Å². The molecule has 0 fully saturated rings. The van der Waals surface area contributed by atoms with E-state index in [0.29, 0.717) is 19.6 Å². The maximum absolute atomic E-state index is 12.9. The Kier molecular flexibility index (Phi) is 4.34. The van der Waals surface area contributed by atoms with Crippen LogP contribution in [-0.2, 0) is 11.2 Å². The van der Waals surface area contributed by atoms with E-state index in [9.17, 15) is 4.79 Å². The number of carbonyl (C=O) groups is 1. The summed E-state index contributed by atoms with van der Waals surface area (Å²) in [5.74, 6) is 2.67. The lowest BCUT2D eigenvalue weighted by Gasteiger charge is -2.23. The molecule has 0 aliphatic carbocycles. The van der Waals surface area contributed by atoms with Gasteiger partial charge >= 0.3 is 0 Å². The SMILES string of the molecule is O=C(Cc1ccc2c(c1)OCCO2)N1CCCSc2ccccc21. The highest BCUT2D eigenvalue weighted by atomic mass is 32.2. The van der Waals surface area contributed by atoms with Gasteiger partial charge in [0, 0.05) is 11.4 Å². The number of anilines is 1. The van der Waals surface area contributed by atoms with Gasteiger partial charge in [0.25, 0.3) is 0 Å². The molecule has 2 aromatic rings. The maximum Gasteiger partial charge on any atom is 0.231 e. The maximum atomic E-state index is 12.9. The minimum Gasteiger partial charge on any atom is -0.486 e. The molecule has 4 rings (SSSR count). The molecule has 0 unspecified atom stereocenters. The molecule has 2 aliphatic rings. The van der Waals surface area contributed by atoms with Crippen LogP contribution in [-0.4, -0.2) is 31.4 Å². The van der Waals surface area contributed by atoms with Crippen molar-refractivity contribution < 1.29 is 14.3 Å². The van der Waals surface area contributed by atoms with E-state index >= 15 is 0 Å². The minimum atomic E-state index is 0.127. The second kappa shape index (κ2) is 6.77. The summed E-state index contributed by atoms with van der Waals surface area (Å²) in [6.07, 6.45) is 1.38. The second-order valence-electron chi connectivity index (χ2n) is 5.87. The summed E-state index contributed by atoms with van der Waals surface area (Å²) in [6, 6.07) is 13.9. The monoisotopic (exact) mass is 341 g/mol. The Hall–Kier alpha value is -2.14. The predicted octanol–water partition coefficient (Wildman–Crippen LogP) is 3.53. The molecule has 124 valence electrons. The first kappa shape index (κ1) is 15.4. The Morgan fingerprint density at radius 1 is 1.08 bits per heavy atom. The molecule has 0 atom stereocenters. The van der Waals surface area contributed by atoms with Crippen LogP contribution >= 0.6 is 11.8 Å². The largest absolute Gasteiger partial charge is 0.486 e. The van der Waals surface area contributed by atoms with Crippen LogP contribution < -0.4 is 14.4 Å². The normalized spacial score (nSPS) is 16.2. The van der Waals surface area contributed by atoms with Gasteiger partial charge in [-0.15, -0.1) is 11.8 Å². The van der Waals surface area contributed by atoms with Crippen molar-refractivity contribution in [1.29, 1.82) is 0 Å². The summed E-state index contributed by atoms with van der Waals surface area (Å²) in [6.45, 7) is 1.90.